The quantitative estimate of drug-likeness (QED) is 0.712. The minimum Gasteiger partial charge on any atom is -0.395 e. The fourth-order valence-electron chi connectivity index (χ4n) is 1.52. The second-order valence-electron chi connectivity index (χ2n) is 4.27. The van der Waals surface area contributed by atoms with Gasteiger partial charge in [-0.2, -0.15) is 0 Å². The largest absolute Gasteiger partial charge is 0.395 e. The highest BCUT2D eigenvalue weighted by molar-refractivity contribution is 4.91. The van der Waals surface area contributed by atoms with Crippen LogP contribution in [0.1, 0.15) is 26.0 Å². The zero-order valence-corrected chi connectivity index (χ0v) is 9.64. The van der Waals surface area contributed by atoms with Crippen molar-refractivity contribution in [3.8, 4) is 0 Å². The number of hydrogen-bond acceptors (Lipinski definition) is 4. The lowest BCUT2D eigenvalue weighted by Crippen LogP contribution is -2.33. The molecule has 0 spiro atoms. The minimum absolute atomic E-state index is 0.145. The molecule has 0 aromatic carbocycles. The van der Waals surface area contributed by atoms with Gasteiger partial charge in [0.1, 0.15) is 0 Å². The Kier molecular flexibility index (Phi) is 4.71. The first kappa shape index (κ1) is 12.1. The Hall–Kier alpha value is -0.940. The summed E-state index contributed by atoms with van der Waals surface area (Å²) in [5.74, 6) is 0.580. The predicted octanol–water partition coefficient (Wildman–Crippen LogP) is 0.312. The van der Waals surface area contributed by atoms with Crippen LogP contribution in [0.5, 0.6) is 0 Å². The van der Waals surface area contributed by atoms with Gasteiger partial charge in [0.05, 0.1) is 12.3 Å². The zero-order valence-electron chi connectivity index (χ0n) is 9.64. The Morgan fingerprint density at radius 3 is 2.73 bits per heavy atom. The van der Waals surface area contributed by atoms with Crippen molar-refractivity contribution in [2.75, 3.05) is 6.61 Å². The topological polar surface area (TPSA) is 63.0 Å². The van der Waals surface area contributed by atoms with Crippen LogP contribution in [0.2, 0.25) is 0 Å². The van der Waals surface area contributed by atoms with Gasteiger partial charge >= 0.3 is 0 Å². The molecule has 0 amide bonds. The summed E-state index contributed by atoms with van der Waals surface area (Å²) in [5, 5.41) is 20.2. The van der Waals surface area contributed by atoms with E-state index in [1.54, 1.807) is 4.68 Å². The van der Waals surface area contributed by atoms with Crippen molar-refractivity contribution in [2.45, 2.75) is 32.9 Å². The Balaban J connectivity index is 2.34. The van der Waals surface area contributed by atoms with E-state index in [-0.39, 0.29) is 12.6 Å². The molecule has 0 aliphatic heterocycles. The molecule has 0 bridgehead atoms. The van der Waals surface area contributed by atoms with Gasteiger partial charge in [-0.1, -0.05) is 19.1 Å². The molecule has 0 fully saturated rings. The van der Waals surface area contributed by atoms with Gasteiger partial charge in [-0.05, 0) is 12.3 Å². The van der Waals surface area contributed by atoms with Crippen molar-refractivity contribution < 1.29 is 5.11 Å². The molecule has 1 unspecified atom stereocenters. The molecular formula is C10H20N4O. The molecule has 1 heterocycles. The molecule has 0 saturated carbocycles. The molecule has 0 radical (unpaired) electrons. The minimum atomic E-state index is 0.145. The molecule has 2 N–H and O–H groups in total. The van der Waals surface area contributed by atoms with E-state index in [9.17, 15) is 0 Å². The highest BCUT2D eigenvalue weighted by Crippen LogP contribution is 2.04. The Morgan fingerprint density at radius 2 is 2.27 bits per heavy atom. The first-order valence-electron chi connectivity index (χ1n) is 5.31. The average molecular weight is 212 g/mol. The lowest BCUT2D eigenvalue weighted by atomic mass is 10.0. The van der Waals surface area contributed by atoms with Crippen molar-refractivity contribution in [3.63, 3.8) is 0 Å². The van der Waals surface area contributed by atoms with E-state index in [2.05, 4.69) is 29.5 Å². The van der Waals surface area contributed by atoms with Crippen LogP contribution in [-0.2, 0) is 13.6 Å². The maximum Gasteiger partial charge on any atom is 0.0964 e. The van der Waals surface area contributed by atoms with E-state index in [0.29, 0.717) is 12.5 Å². The third-order valence-electron chi connectivity index (χ3n) is 2.20. The predicted molar refractivity (Wildman–Crippen MR) is 58.2 cm³/mol. The Bertz CT molecular complexity index is 285. The normalized spacial score (nSPS) is 13.4. The van der Waals surface area contributed by atoms with Crippen LogP contribution in [0.3, 0.4) is 0 Å². The van der Waals surface area contributed by atoms with Crippen molar-refractivity contribution in [2.24, 2.45) is 13.0 Å². The van der Waals surface area contributed by atoms with Gasteiger partial charge in [-0.15, -0.1) is 5.10 Å². The van der Waals surface area contributed by atoms with Crippen LogP contribution >= 0.6 is 0 Å². The number of nitrogens with one attached hydrogen (secondary N) is 1. The number of nitrogens with zero attached hydrogens (tertiary/aromatic N) is 3. The van der Waals surface area contributed by atoms with Crippen LogP contribution in [0.4, 0.5) is 0 Å². The van der Waals surface area contributed by atoms with Gasteiger partial charge in [-0.3, -0.25) is 4.68 Å². The smallest absolute Gasteiger partial charge is 0.0964 e. The zero-order chi connectivity index (χ0) is 11.3. The van der Waals surface area contributed by atoms with Gasteiger partial charge in [0.25, 0.3) is 0 Å². The van der Waals surface area contributed by atoms with Crippen LogP contribution < -0.4 is 5.32 Å². The summed E-state index contributed by atoms with van der Waals surface area (Å²) in [6.45, 7) is 5.11. The number of aliphatic hydroxyl groups excluding tert-OH is 1. The van der Waals surface area contributed by atoms with Gasteiger partial charge < -0.3 is 10.4 Å². The summed E-state index contributed by atoms with van der Waals surface area (Å²) < 4.78 is 1.67. The third-order valence-corrected chi connectivity index (χ3v) is 2.20. The first-order valence-corrected chi connectivity index (χ1v) is 5.31. The highest BCUT2D eigenvalue weighted by atomic mass is 16.3. The standard InChI is InChI=1S/C10H20N4O/c1-8(2)4-9(7-15)11-5-10-6-14(3)13-12-10/h6,8-9,11,15H,4-5,7H2,1-3H3. The summed E-state index contributed by atoms with van der Waals surface area (Å²) >= 11 is 0. The maximum absolute atomic E-state index is 9.15. The second kappa shape index (κ2) is 5.82. The molecule has 86 valence electrons. The molecule has 15 heavy (non-hydrogen) atoms. The van der Waals surface area contributed by atoms with Crippen molar-refractivity contribution in [3.05, 3.63) is 11.9 Å². The van der Waals surface area contributed by atoms with Crippen molar-refractivity contribution >= 4 is 0 Å². The fraction of sp³-hybridized carbons (Fsp3) is 0.800. The van der Waals surface area contributed by atoms with Crippen molar-refractivity contribution in [1.29, 1.82) is 0 Å². The van der Waals surface area contributed by atoms with E-state index in [1.165, 1.54) is 0 Å². The molecule has 5 heteroatoms. The fourth-order valence-corrected chi connectivity index (χ4v) is 1.52. The summed E-state index contributed by atoms with van der Waals surface area (Å²) in [7, 11) is 1.84. The Morgan fingerprint density at radius 1 is 1.53 bits per heavy atom. The summed E-state index contributed by atoms with van der Waals surface area (Å²) in [6.07, 6.45) is 2.84. The molecule has 1 aromatic rings. The first-order chi connectivity index (χ1) is 7.11. The molecule has 1 atom stereocenters. The molecule has 0 saturated heterocycles. The lowest BCUT2D eigenvalue weighted by Gasteiger charge is -2.17. The van der Waals surface area contributed by atoms with E-state index < -0.39 is 0 Å². The van der Waals surface area contributed by atoms with Crippen LogP contribution in [0, 0.1) is 5.92 Å². The monoisotopic (exact) mass is 212 g/mol. The van der Waals surface area contributed by atoms with E-state index >= 15 is 0 Å². The maximum atomic E-state index is 9.15. The average Bonchev–Trinajstić information content (AvgIpc) is 2.58. The number of aryl methyl sites for hydroxylation is 1. The van der Waals surface area contributed by atoms with E-state index in [0.717, 1.165) is 12.1 Å². The highest BCUT2D eigenvalue weighted by Gasteiger charge is 2.09. The number of rotatable bonds is 6. The molecular weight excluding hydrogens is 192 g/mol. The Labute approximate surface area is 90.5 Å². The molecule has 1 aromatic heterocycles. The van der Waals surface area contributed by atoms with Gasteiger partial charge in [0.15, 0.2) is 0 Å². The summed E-state index contributed by atoms with van der Waals surface area (Å²) in [5.41, 5.74) is 0.903. The van der Waals surface area contributed by atoms with Crippen LogP contribution in [-0.4, -0.2) is 32.7 Å². The van der Waals surface area contributed by atoms with E-state index in [1.807, 2.05) is 13.2 Å². The molecule has 5 nitrogen and oxygen atoms in total. The van der Waals surface area contributed by atoms with Gasteiger partial charge in [-0.25, -0.2) is 0 Å². The number of aliphatic hydroxyl groups is 1. The molecule has 1 rings (SSSR count). The molecule has 0 aliphatic rings. The van der Waals surface area contributed by atoms with Gasteiger partial charge in [0.2, 0.25) is 0 Å². The number of aromatic nitrogens is 3. The third kappa shape index (κ3) is 4.40. The number of hydrogen-bond donors (Lipinski definition) is 2. The van der Waals surface area contributed by atoms with E-state index in [4.69, 9.17) is 5.11 Å². The van der Waals surface area contributed by atoms with Crippen LogP contribution in [0.15, 0.2) is 6.20 Å². The summed E-state index contributed by atoms with van der Waals surface area (Å²) in [6, 6.07) is 0.145. The van der Waals surface area contributed by atoms with Crippen LogP contribution in [0.25, 0.3) is 0 Å². The summed E-state index contributed by atoms with van der Waals surface area (Å²) in [4.78, 5) is 0. The van der Waals surface area contributed by atoms with Crippen molar-refractivity contribution in [1.82, 2.24) is 20.3 Å². The molecule has 0 aliphatic carbocycles. The SMILES string of the molecule is CC(C)CC(CO)NCc1cn(C)nn1. The van der Waals surface area contributed by atoms with Gasteiger partial charge in [0, 0.05) is 25.8 Å². The lowest BCUT2D eigenvalue weighted by molar-refractivity contribution is 0.223. The second-order valence-corrected chi connectivity index (χ2v) is 4.27.